The standard InChI is InChI=1S/C24H31N5O2/c30-23-18-11-14-28(15-17-7-2-1-3-8-17)16-20(18)26-22(27-23)21-10-6-13-29(21)24(31)19-9-4-5-12-25-19/h4-5,9,12,17,21H,1-3,6-8,10-11,13-16H2,(H,26,27,30)/t21-/m1/s1. The lowest BCUT2D eigenvalue weighted by atomic mass is 9.88. The number of aromatic amines is 1. The van der Waals surface area contributed by atoms with Gasteiger partial charge in [0, 0.05) is 37.9 Å². The highest BCUT2D eigenvalue weighted by atomic mass is 16.2. The first kappa shape index (κ1) is 20.4. The maximum Gasteiger partial charge on any atom is 0.273 e. The number of rotatable bonds is 4. The first-order valence-corrected chi connectivity index (χ1v) is 11.8. The predicted octanol–water partition coefficient (Wildman–Crippen LogP) is 3.08. The van der Waals surface area contributed by atoms with Crippen molar-refractivity contribution in [3.05, 3.63) is 57.5 Å². The largest absolute Gasteiger partial charge is 0.327 e. The average Bonchev–Trinajstić information content (AvgIpc) is 3.29. The van der Waals surface area contributed by atoms with E-state index in [9.17, 15) is 9.59 Å². The number of pyridine rings is 1. The quantitative estimate of drug-likeness (QED) is 0.820. The second-order valence-corrected chi connectivity index (χ2v) is 9.24. The molecule has 1 saturated heterocycles. The number of likely N-dealkylation sites (tertiary alicyclic amines) is 1. The normalized spacial score (nSPS) is 22.5. The fourth-order valence-corrected chi connectivity index (χ4v) is 5.49. The number of carbonyl (C=O) groups excluding carboxylic acids is 1. The highest BCUT2D eigenvalue weighted by molar-refractivity contribution is 5.92. The van der Waals surface area contributed by atoms with Crippen molar-refractivity contribution in [1.29, 1.82) is 0 Å². The Labute approximate surface area is 182 Å². The van der Waals surface area contributed by atoms with Crippen molar-refractivity contribution < 1.29 is 4.79 Å². The van der Waals surface area contributed by atoms with Crippen LogP contribution in [0.25, 0.3) is 0 Å². The molecule has 2 aromatic heterocycles. The van der Waals surface area contributed by atoms with Gasteiger partial charge in [0.2, 0.25) is 0 Å². The van der Waals surface area contributed by atoms with Crippen LogP contribution in [0.2, 0.25) is 0 Å². The van der Waals surface area contributed by atoms with Crippen LogP contribution in [-0.2, 0) is 13.0 Å². The molecule has 1 aliphatic carbocycles. The third-order valence-electron chi connectivity index (χ3n) is 7.13. The van der Waals surface area contributed by atoms with Gasteiger partial charge in [0.05, 0.1) is 11.7 Å². The van der Waals surface area contributed by atoms with Gasteiger partial charge in [0.15, 0.2) is 0 Å². The second kappa shape index (κ2) is 8.91. The Balaban J connectivity index is 1.36. The van der Waals surface area contributed by atoms with Crippen molar-refractivity contribution in [2.45, 2.75) is 64.0 Å². The van der Waals surface area contributed by atoms with Gasteiger partial charge < -0.3 is 9.88 Å². The molecule has 4 heterocycles. The minimum atomic E-state index is -0.193. The molecule has 7 heteroatoms. The monoisotopic (exact) mass is 421 g/mol. The van der Waals surface area contributed by atoms with E-state index >= 15 is 0 Å². The molecule has 5 rings (SSSR count). The Hall–Kier alpha value is -2.54. The Morgan fingerprint density at radius 2 is 1.97 bits per heavy atom. The van der Waals surface area contributed by atoms with Crippen molar-refractivity contribution >= 4 is 5.91 Å². The smallest absolute Gasteiger partial charge is 0.273 e. The van der Waals surface area contributed by atoms with Gasteiger partial charge in [-0.15, -0.1) is 0 Å². The van der Waals surface area contributed by atoms with Crippen LogP contribution in [0.3, 0.4) is 0 Å². The molecule has 0 radical (unpaired) electrons. The van der Waals surface area contributed by atoms with Gasteiger partial charge in [-0.05, 0) is 50.2 Å². The number of carbonyl (C=O) groups is 1. The Morgan fingerprint density at radius 1 is 1.10 bits per heavy atom. The summed E-state index contributed by atoms with van der Waals surface area (Å²) in [5.74, 6) is 1.31. The third-order valence-corrected chi connectivity index (χ3v) is 7.13. The van der Waals surface area contributed by atoms with Crippen LogP contribution < -0.4 is 5.56 Å². The van der Waals surface area contributed by atoms with Crippen LogP contribution in [0.5, 0.6) is 0 Å². The first-order valence-electron chi connectivity index (χ1n) is 11.8. The Morgan fingerprint density at radius 3 is 2.77 bits per heavy atom. The number of nitrogens with one attached hydrogen (secondary N) is 1. The fourth-order valence-electron chi connectivity index (χ4n) is 5.49. The van der Waals surface area contributed by atoms with E-state index in [-0.39, 0.29) is 17.5 Å². The summed E-state index contributed by atoms with van der Waals surface area (Å²) in [5, 5.41) is 0. The van der Waals surface area contributed by atoms with Gasteiger partial charge in [-0.25, -0.2) is 4.98 Å². The van der Waals surface area contributed by atoms with E-state index in [1.165, 1.54) is 32.1 Å². The van der Waals surface area contributed by atoms with E-state index < -0.39 is 0 Å². The van der Waals surface area contributed by atoms with Gasteiger partial charge in [0.1, 0.15) is 11.5 Å². The van der Waals surface area contributed by atoms with Gasteiger partial charge >= 0.3 is 0 Å². The summed E-state index contributed by atoms with van der Waals surface area (Å²) in [4.78, 5) is 42.3. The molecule has 3 aliphatic rings. The second-order valence-electron chi connectivity index (χ2n) is 9.24. The molecule has 1 N–H and O–H groups in total. The zero-order valence-corrected chi connectivity index (χ0v) is 18.1. The Kier molecular flexibility index (Phi) is 5.85. The van der Waals surface area contributed by atoms with Gasteiger partial charge in [0.25, 0.3) is 11.5 Å². The van der Waals surface area contributed by atoms with Gasteiger partial charge in [-0.2, -0.15) is 0 Å². The van der Waals surface area contributed by atoms with E-state index in [1.54, 1.807) is 18.3 Å². The minimum absolute atomic E-state index is 0.0329. The molecule has 0 unspecified atom stereocenters. The molecule has 1 saturated carbocycles. The van der Waals surface area contributed by atoms with Crippen molar-refractivity contribution in [2.24, 2.45) is 5.92 Å². The Bertz CT molecular complexity index is 983. The van der Waals surface area contributed by atoms with E-state index in [4.69, 9.17) is 4.98 Å². The first-order chi connectivity index (χ1) is 15.2. The summed E-state index contributed by atoms with van der Waals surface area (Å²) in [6.45, 7) is 3.44. The zero-order chi connectivity index (χ0) is 21.2. The number of amides is 1. The van der Waals surface area contributed by atoms with Crippen molar-refractivity contribution in [2.75, 3.05) is 19.6 Å². The molecule has 2 aromatic rings. The fraction of sp³-hybridized carbons (Fsp3) is 0.583. The third kappa shape index (κ3) is 4.28. The summed E-state index contributed by atoms with van der Waals surface area (Å²) in [6, 6.07) is 5.18. The van der Waals surface area contributed by atoms with E-state index in [2.05, 4.69) is 14.9 Å². The molecule has 0 aromatic carbocycles. The van der Waals surface area contributed by atoms with E-state index in [1.807, 2.05) is 11.0 Å². The molecule has 2 aliphatic heterocycles. The maximum absolute atomic E-state index is 13.0. The lowest BCUT2D eigenvalue weighted by Gasteiger charge is -2.33. The summed E-state index contributed by atoms with van der Waals surface area (Å²) in [7, 11) is 0. The van der Waals surface area contributed by atoms with Crippen molar-refractivity contribution in [1.82, 2.24) is 24.8 Å². The van der Waals surface area contributed by atoms with Crippen molar-refractivity contribution in [3.8, 4) is 0 Å². The van der Waals surface area contributed by atoms with Crippen molar-refractivity contribution in [3.63, 3.8) is 0 Å². The van der Waals surface area contributed by atoms with E-state index in [0.29, 0.717) is 18.1 Å². The van der Waals surface area contributed by atoms with E-state index in [0.717, 1.165) is 56.1 Å². The highest BCUT2D eigenvalue weighted by Gasteiger charge is 2.34. The summed E-state index contributed by atoms with van der Waals surface area (Å²) in [6.07, 6.45) is 10.8. The molecular formula is C24H31N5O2. The number of H-pyrrole nitrogens is 1. The topological polar surface area (TPSA) is 82.2 Å². The molecule has 2 fully saturated rings. The number of hydrogen-bond acceptors (Lipinski definition) is 5. The SMILES string of the molecule is O=C(c1ccccn1)N1CCC[C@@H]1c1nc2c(c(=O)[nH]1)CCN(CC1CCCCC1)C2. The molecule has 0 spiro atoms. The van der Waals surface area contributed by atoms with Crippen LogP contribution in [-0.4, -0.2) is 50.3 Å². The predicted molar refractivity (Wildman–Crippen MR) is 118 cm³/mol. The number of aromatic nitrogens is 3. The molecule has 1 amide bonds. The minimum Gasteiger partial charge on any atom is -0.327 e. The molecule has 164 valence electrons. The van der Waals surface area contributed by atoms with Crippen LogP contribution in [0.4, 0.5) is 0 Å². The van der Waals surface area contributed by atoms with Gasteiger partial charge in [-0.3, -0.25) is 19.5 Å². The molecule has 1 atom stereocenters. The molecule has 0 bridgehead atoms. The van der Waals surface area contributed by atoms with Crippen LogP contribution >= 0.6 is 0 Å². The number of hydrogen-bond donors (Lipinski definition) is 1. The van der Waals surface area contributed by atoms with Crippen LogP contribution in [0.1, 0.15) is 78.6 Å². The molecule has 31 heavy (non-hydrogen) atoms. The summed E-state index contributed by atoms with van der Waals surface area (Å²) < 4.78 is 0. The molecule has 7 nitrogen and oxygen atoms in total. The van der Waals surface area contributed by atoms with Gasteiger partial charge in [-0.1, -0.05) is 25.3 Å². The van der Waals surface area contributed by atoms with Crippen LogP contribution in [0, 0.1) is 5.92 Å². The molecular weight excluding hydrogens is 390 g/mol. The summed E-state index contributed by atoms with van der Waals surface area (Å²) in [5.41, 5.74) is 2.13. The van der Waals surface area contributed by atoms with Crippen LogP contribution in [0.15, 0.2) is 29.2 Å². The lowest BCUT2D eigenvalue weighted by Crippen LogP contribution is -2.39. The number of fused-ring (bicyclic) bond motifs is 1. The number of nitrogens with zero attached hydrogens (tertiary/aromatic N) is 4. The summed E-state index contributed by atoms with van der Waals surface area (Å²) >= 11 is 0. The zero-order valence-electron chi connectivity index (χ0n) is 18.1. The average molecular weight is 422 g/mol. The highest BCUT2D eigenvalue weighted by Crippen LogP contribution is 2.32. The maximum atomic E-state index is 13.0. The lowest BCUT2D eigenvalue weighted by molar-refractivity contribution is 0.0723.